The molecular weight excluding hydrogens is 449 g/mol. The zero-order valence-electron chi connectivity index (χ0n) is 19.4. The number of ether oxygens (including phenoxy) is 2. The van der Waals surface area contributed by atoms with Gasteiger partial charge in [-0.05, 0) is 48.0 Å². The molecule has 0 spiro atoms. The first-order valence-corrected chi connectivity index (χ1v) is 11.5. The summed E-state index contributed by atoms with van der Waals surface area (Å²) in [6.07, 6.45) is 0. The van der Waals surface area contributed by atoms with Crippen LogP contribution in [0.4, 0.5) is 15.8 Å². The summed E-state index contributed by atoms with van der Waals surface area (Å²) < 4.78 is 24.2. The normalized spacial score (nSPS) is 15.5. The van der Waals surface area contributed by atoms with E-state index in [9.17, 15) is 14.0 Å². The third-order valence-corrected chi connectivity index (χ3v) is 6.39. The summed E-state index contributed by atoms with van der Waals surface area (Å²) in [7, 11) is 1.65. The second kappa shape index (κ2) is 9.66. The van der Waals surface area contributed by atoms with E-state index in [-0.39, 0.29) is 30.8 Å². The summed E-state index contributed by atoms with van der Waals surface area (Å²) in [6.45, 7) is 2.79. The van der Waals surface area contributed by atoms with Gasteiger partial charge in [0, 0.05) is 43.5 Å². The molecule has 0 atom stereocenters. The molecule has 2 aliphatic rings. The number of hydrogen-bond acceptors (Lipinski definition) is 5. The van der Waals surface area contributed by atoms with Crippen molar-refractivity contribution in [3.05, 3.63) is 83.7 Å². The molecule has 0 aromatic heterocycles. The van der Waals surface area contributed by atoms with E-state index in [4.69, 9.17) is 9.47 Å². The lowest BCUT2D eigenvalue weighted by atomic mass is 10.1. The maximum Gasteiger partial charge on any atom is 0.265 e. The Morgan fingerprint density at radius 1 is 1.00 bits per heavy atom. The van der Waals surface area contributed by atoms with Gasteiger partial charge in [-0.25, -0.2) is 4.39 Å². The van der Waals surface area contributed by atoms with Crippen molar-refractivity contribution in [1.82, 2.24) is 4.90 Å². The molecule has 180 valence electrons. The Morgan fingerprint density at radius 2 is 1.77 bits per heavy atom. The predicted octanol–water partition coefficient (Wildman–Crippen LogP) is 3.72. The van der Waals surface area contributed by atoms with Crippen LogP contribution in [0.15, 0.2) is 66.7 Å². The molecule has 0 N–H and O–H groups in total. The van der Waals surface area contributed by atoms with Gasteiger partial charge in [-0.2, -0.15) is 0 Å². The molecule has 7 nitrogen and oxygen atoms in total. The van der Waals surface area contributed by atoms with E-state index in [2.05, 4.69) is 4.90 Å². The van der Waals surface area contributed by atoms with Crippen LogP contribution in [-0.4, -0.2) is 56.6 Å². The number of nitrogens with zero attached hydrogens (tertiary/aromatic N) is 3. The van der Waals surface area contributed by atoms with Gasteiger partial charge in [0.25, 0.3) is 11.8 Å². The molecule has 5 rings (SSSR count). The Balaban J connectivity index is 1.31. The number of piperazine rings is 1. The van der Waals surface area contributed by atoms with Crippen LogP contribution >= 0.6 is 0 Å². The topological polar surface area (TPSA) is 62.3 Å². The van der Waals surface area contributed by atoms with Crippen LogP contribution in [0.25, 0.3) is 0 Å². The highest BCUT2D eigenvalue weighted by Crippen LogP contribution is 2.34. The molecule has 0 bridgehead atoms. The minimum absolute atomic E-state index is 0.0757. The van der Waals surface area contributed by atoms with E-state index in [1.54, 1.807) is 42.3 Å². The SMILES string of the molecule is COc1cccc(N2CCN(C(=O)c3ccc4c(c3)N(Cc3ccc(F)cc3)C(=O)CO4)CC2)c1. The summed E-state index contributed by atoms with van der Waals surface area (Å²) in [6, 6.07) is 19.1. The molecule has 0 saturated carbocycles. The number of rotatable bonds is 5. The number of amides is 2. The summed E-state index contributed by atoms with van der Waals surface area (Å²) >= 11 is 0. The van der Waals surface area contributed by atoms with E-state index in [0.29, 0.717) is 43.2 Å². The number of fused-ring (bicyclic) bond motifs is 1. The summed E-state index contributed by atoms with van der Waals surface area (Å²) in [4.78, 5) is 31.6. The third-order valence-electron chi connectivity index (χ3n) is 6.39. The number of methoxy groups -OCH3 is 1. The fraction of sp³-hybridized carbons (Fsp3) is 0.259. The Bertz CT molecular complexity index is 1240. The fourth-order valence-electron chi connectivity index (χ4n) is 4.44. The van der Waals surface area contributed by atoms with Crippen molar-refractivity contribution < 1.29 is 23.5 Å². The van der Waals surface area contributed by atoms with Gasteiger partial charge in [-0.3, -0.25) is 9.59 Å². The van der Waals surface area contributed by atoms with E-state index in [0.717, 1.165) is 17.0 Å². The van der Waals surface area contributed by atoms with Crippen molar-refractivity contribution in [3.63, 3.8) is 0 Å². The number of hydrogen-bond donors (Lipinski definition) is 0. The van der Waals surface area contributed by atoms with Gasteiger partial charge < -0.3 is 24.2 Å². The van der Waals surface area contributed by atoms with Gasteiger partial charge in [-0.15, -0.1) is 0 Å². The van der Waals surface area contributed by atoms with Crippen LogP contribution in [-0.2, 0) is 11.3 Å². The Morgan fingerprint density at radius 3 is 2.51 bits per heavy atom. The van der Waals surface area contributed by atoms with Crippen LogP contribution < -0.4 is 19.3 Å². The molecule has 35 heavy (non-hydrogen) atoms. The summed E-state index contributed by atoms with van der Waals surface area (Å²) in [5.74, 6) is 0.723. The first kappa shape index (κ1) is 22.7. The smallest absolute Gasteiger partial charge is 0.265 e. The molecular formula is C27H26FN3O4. The quantitative estimate of drug-likeness (QED) is 0.563. The van der Waals surface area contributed by atoms with Gasteiger partial charge >= 0.3 is 0 Å². The minimum atomic E-state index is -0.332. The monoisotopic (exact) mass is 475 g/mol. The maximum atomic E-state index is 13.3. The van der Waals surface area contributed by atoms with Gasteiger partial charge in [0.1, 0.15) is 17.3 Å². The van der Waals surface area contributed by atoms with Crippen LogP contribution in [0, 0.1) is 5.82 Å². The molecule has 3 aromatic carbocycles. The molecule has 1 saturated heterocycles. The van der Waals surface area contributed by atoms with E-state index in [1.807, 2.05) is 29.2 Å². The first-order chi connectivity index (χ1) is 17.0. The lowest BCUT2D eigenvalue weighted by Gasteiger charge is -2.36. The summed E-state index contributed by atoms with van der Waals surface area (Å²) in [5, 5.41) is 0. The van der Waals surface area contributed by atoms with E-state index >= 15 is 0 Å². The molecule has 0 radical (unpaired) electrons. The second-order valence-electron chi connectivity index (χ2n) is 8.56. The Hall–Kier alpha value is -4.07. The van der Waals surface area contributed by atoms with E-state index in [1.165, 1.54) is 12.1 Å². The van der Waals surface area contributed by atoms with Gasteiger partial charge in [0.15, 0.2) is 6.61 Å². The average Bonchev–Trinajstić information content (AvgIpc) is 2.91. The average molecular weight is 476 g/mol. The van der Waals surface area contributed by atoms with Gasteiger partial charge in [-0.1, -0.05) is 18.2 Å². The second-order valence-corrected chi connectivity index (χ2v) is 8.56. The lowest BCUT2D eigenvalue weighted by molar-refractivity contribution is -0.121. The maximum absolute atomic E-state index is 13.3. The van der Waals surface area contributed by atoms with Crippen LogP contribution in [0.2, 0.25) is 0 Å². The predicted molar refractivity (Wildman–Crippen MR) is 131 cm³/mol. The molecule has 2 aliphatic heterocycles. The lowest BCUT2D eigenvalue weighted by Crippen LogP contribution is -2.48. The Labute approximate surface area is 203 Å². The molecule has 1 fully saturated rings. The van der Waals surface area contributed by atoms with Crippen molar-refractivity contribution in [2.24, 2.45) is 0 Å². The molecule has 0 unspecified atom stereocenters. The highest BCUT2D eigenvalue weighted by molar-refractivity contribution is 6.01. The number of carbonyl (C=O) groups is 2. The fourth-order valence-corrected chi connectivity index (χ4v) is 4.44. The molecule has 2 amide bonds. The number of halogens is 1. The largest absolute Gasteiger partial charge is 0.497 e. The zero-order valence-corrected chi connectivity index (χ0v) is 19.4. The zero-order chi connectivity index (χ0) is 24.4. The standard InChI is InChI=1S/C27H26FN3O4/c1-34-23-4-2-3-22(16-23)29-11-13-30(14-12-29)27(33)20-7-10-25-24(15-20)31(26(32)18-35-25)17-19-5-8-21(28)9-6-19/h2-10,15-16H,11-14,17-18H2,1H3. The van der Waals surface area contributed by atoms with Crippen molar-refractivity contribution >= 4 is 23.2 Å². The van der Waals surface area contributed by atoms with Crippen molar-refractivity contribution in [3.8, 4) is 11.5 Å². The summed E-state index contributed by atoms with van der Waals surface area (Å²) in [5.41, 5.74) is 2.91. The molecule has 8 heteroatoms. The van der Waals surface area contributed by atoms with Gasteiger partial charge in [0.2, 0.25) is 0 Å². The first-order valence-electron chi connectivity index (χ1n) is 11.5. The minimum Gasteiger partial charge on any atom is -0.497 e. The van der Waals surface area contributed by atoms with Crippen LogP contribution in [0.3, 0.4) is 0 Å². The molecule has 2 heterocycles. The van der Waals surface area contributed by atoms with Gasteiger partial charge in [0.05, 0.1) is 19.3 Å². The Kier molecular flexibility index (Phi) is 6.27. The van der Waals surface area contributed by atoms with Crippen molar-refractivity contribution in [2.75, 3.05) is 49.7 Å². The highest BCUT2D eigenvalue weighted by Gasteiger charge is 2.28. The number of anilines is 2. The van der Waals surface area contributed by atoms with Crippen molar-refractivity contribution in [1.29, 1.82) is 0 Å². The number of carbonyl (C=O) groups excluding carboxylic acids is 2. The molecule has 0 aliphatic carbocycles. The molecule has 3 aromatic rings. The van der Waals surface area contributed by atoms with Crippen molar-refractivity contribution in [2.45, 2.75) is 6.54 Å². The van der Waals surface area contributed by atoms with Crippen LogP contribution in [0.1, 0.15) is 15.9 Å². The van der Waals surface area contributed by atoms with E-state index < -0.39 is 0 Å². The van der Waals surface area contributed by atoms with Crippen LogP contribution in [0.5, 0.6) is 11.5 Å². The third kappa shape index (κ3) is 4.77. The number of benzene rings is 3. The highest BCUT2D eigenvalue weighted by atomic mass is 19.1.